The van der Waals surface area contributed by atoms with E-state index >= 15 is 0 Å². The average molecular weight is 242 g/mol. The van der Waals surface area contributed by atoms with Crippen LogP contribution in [0, 0.1) is 0 Å². The first-order valence-corrected chi connectivity index (χ1v) is 5.23. The van der Waals surface area contributed by atoms with Crippen LogP contribution in [0.5, 0.6) is 0 Å². The van der Waals surface area contributed by atoms with E-state index < -0.39 is 0 Å². The summed E-state index contributed by atoms with van der Waals surface area (Å²) in [6.45, 7) is 1.79. The predicted molar refractivity (Wildman–Crippen MR) is 51.4 cm³/mol. The van der Waals surface area contributed by atoms with Gasteiger partial charge >= 0.3 is 85.8 Å². The molecule has 0 saturated carbocycles. The van der Waals surface area contributed by atoms with Crippen molar-refractivity contribution in [1.82, 2.24) is 0 Å². The van der Waals surface area contributed by atoms with E-state index in [9.17, 15) is 4.79 Å². The number of carbonyl (C=O) groups excluding carboxylic acids is 1. The normalized spacial score (nSPS) is 9.69. The third-order valence-corrected chi connectivity index (χ3v) is 2.36. The van der Waals surface area contributed by atoms with Gasteiger partial charge in [0.15, 0.2) is 0 Å². The second kappa shape index (κ2) is 5.05. The molecule has 0 amide bonds. The molecule has 1 radical (unpaired) electrons. The molecule has 0 aliphatic rings. The zero-order valence-electron chi connectivity index (χ0n) is 7.45. The molecule has 0 bridgehead atoms. The Bertz CT molecular complexity index is 297. The van der Waals surface area contributed by atoms with Crippen LogP contribution in [0.15, 0.2) is 24.3 Å². The van der Waals surface area contributed by atoms with E-state index in [1.807, 2.05) is 24.3 Å². The van der Waals surface area contributed by atoms with Gasteiger partial charge in [-0.2, -0.15) is 0 Å². The molecule has 0 heterocycles. The molecule has 0 unspecified atom stereocenters. The van der Waals surface area contributed by atoms with E-state index in [1.54, 1.807) is 0 Å². The molecule has 13 heavy (non-hydrogen) atoms. The Morgan fingerprint density at radius 3 is 2.54 bits per heavy atom. The topological polar surface area (TPSA) is 26.3 Å². The van der Waals surface area contributed by atoms with Gasteiger partial charge in [-0.1, -0.05) is 0 Å². The van der Waals surface area contributed by atoms with Gasteiger partial charge in [0.25, 0.3) is 0 Å². The van der Waals surface area contributed by atoms with Crippen LogP contribution in [0.2, 0.25) is 0 Å². The Kier molecular flexibility index (Phi) is 4.00. The van der Waals surface area contributed by atoms with Gasteiger partial charge in [-0.25, -0.2) is 0 Å². The molecule has 0 aliphatic heterocycles. The van der Waals surface area contributed by atoms with Gasteiger partial charge in [0, 0.05) is 0 Å². The summed E-state index contributed by atoms with van der Waals surface area (Å²) in [5.74, 6) is -0.241. The van der Waals surface area contributed by atoms with Crippen LogP contribution in [0.25, 0.3) is 0 Å². The number of hydrogen-bond donors (Lipinski definition) is 0. The van der Waals surface area contributed by atoms with Crippen LogP contribution in [0.4, 0.5) is 0 Å². The summed E-state index contributed by atoms with van der Waals surface area (Å²) in [5.41, 5.74) is 2.25. The van der Waals surface area contributed by atoms with Crippen molar-refractivity contribution < 1.29 is 9.53 Å². The quantitative estimate of drug-likeness (QED) is 0.592. The van der Waals surface area contributed by atoms with E-state index in [0.717, 1.165) is 10.9 Å². The van der Waals surface area contributed by atoms with E-state index in [2.05, 4.69) is 16.0 Å². The molecule has 0 spiro atoms. The van der Waals surface area contributed by atoms with E-state index in [0.29, 0.717) is 6.61 Å². The van der Waals surface area contributed by atoms with Crippen LogP contribution in [-0.2, 0) is 21.5 Å². The van der Waals surface area contributed by atoms with Crippen molar-refractivity contribution in [3.8, 4) is 0 Å². The first-order valence-electron chi connectivity index (χ1n) is 4.02. The molecule has 0 N–H and O–H groups in total. The molecular weight excluding hydrogens is 231 g/mol. The molecule has 69 valence electrons. The number of esters is 1. The molecular formula is C10H11O2Se. The third-order valence-electron chi connectivity index (χ3n) is 1.70. The minimum absolute atomic E-state index is 0.241. The molecule has 0 aliphatic carbocycles. The summed E-state index contributed by atoms with van der Waals surface area (Å²) in [5, 5.41) is 0.845. The number of carbonyl (C=O) groups is 1. The van der Waals surface area contributed by atoms with Crippen LogP contribution < -0.4 is 0 Å². The summed E-state index contributed by atoms with van der Waals surface area (Å²) in [6, 6.07) is 7.91. The van der Waals surface area contributed by atoms with Crippen LogP contribution >= 0.6 is 0 Å². The number of ether oxygens (including phenoxy) is 1. The predicted octanol–water partition coefficient (Wildman–Crippen LogP) is 1.42. The zero-order chi connectivity index (χ0) is 9.68. The van der Waals surface area contributed by atoms with Crippen LogP contribution in [0.1, 0.15) is 18.1 Å². The second-order valence-electron chi connectivity index (χ2n) is 2.69. The van der Waals surface area contributed by atoms with Gasteiger partial charge in [0.1, 0.15) is 0 Å². The van der Waals surface area contributed by atoms with Crippen molar-refractivity contribution in [3.05, 3.63) is 35.4 Å². The summed E-state index contributed by atoms with van der Waals surface area (Å²) >= 11 is 2.95. The molecule has 1 aromatic carbocycles. The standard InChI is InChI=1S/C10H11O2Se/c1-8(11)12-6-9-4-2-3-5-10(9)7-13/h2-5H,6-7H2,1H3. The van der Waals surface area contributed by atoms with Gasteiger partial charge in [-0.15, -0.1) is 0 Å². The molecule has 1 aromatic rings. The Hall–Kier alpha value is -0.791. The molecule has 2 nitrogen and oxygen atoms in total. The van der Waals surface area contributed by atoms with Crippen molar-refractivity contribution in [2.24, 2.45) is 0 Å². The van der Waals surface area contributed by atoms with Crippen molar-refractivity contribution >= 4 is 22.0 Å². The fourth-order valence-electron chi connectivity index (χ4n) is 1.02. The van der Waals surface area contributed by atoms with Crippen LogP contribution in [-0.4, -0.2) is 22.0 Å². The maximum atomic E-state index is 10.6. The fourth-order valence-corrected chi connectivity index (χ4v) is 1.61. The average Bonchev–Trinajstić information content (AvgIpc) is 2.15. The molecule has 1 rings (SSSR count). The van der Waals surface area contributed by atoms with E-state index in [-0.39, 0.29) is 5.97 Å². The molecule has 0 fully saturated rings. The molecule has 0 atom stereocenters. The maximum absolute atomic E-state index is 10.6. The zero-order valence-corrected chi connectivity index (χ0v) is 9.16. The number of benzene rings is 1. The van der Waals surface area contributed by atoms with Crippen molar-refractivity contribution in [2.45, 2.75) is 18.8 Å². The van der Waals surface area contributed by atoms with Gasteiger partial charge in [-0.05, 0) is 0 Å². The van der Waals surface area contributed by atoms with Crippen LogP contribution in [0.3, 0.4) is 0 Å². The number of rotatable bonds is 3. The molecule has 3 heteroatoms. The molecule has 0 saturated heterocycles. The second-order valence-corrected chi connectivity index (χ2v) is 3.30. The summed E-state index contributed by atoms with van der Waals surface area (Å²) in [6.07, 6.45) is 0. The summed E-state index contributed by atoms with van der Waals surface area (Å²) < 4.78 is 4.92. The van der Waals surface area contributed by atoms with Crippen molar-refractivity contribution in [2.75, 3.05) is 0 Å². The fraction of sp³-hybridized carbons (Fsp3) is 0.300. The first kappa shape index (κ1) is 10.3. The first-order chi connectivity index (χ1) is 6.24. The Balaban J connectivity index is 2.69. The Morgan fingerprint density at radius 1 is 1.38 bits per heavy atom. The van der Waals surface area contributed by atoms with Gasteiger partial charge in [0.2, 0.25) is 0 Å². The van der Waals surface area contributed by atoms with Gasteiger partial charge in [-0.3, -0.25) is 0 Å². The third kappa shape index (κ3) is 3.21. The summed E-state index contributed by atoms with van der Waals surface area (Å²) in [7, 11) is 0. The van der Waals surface area contributed by atoms with E-state index in [4.69, 9.17) is 4.74 Å². The Morgan fingerprint density at radius 2 is 2.00 bits per heavy atom. The van der Waals surface area contributed by atoms with Crippen molar-refractivity contribution in [1.29, 1.82) is 0 Å². The van der Waals surface area contributed by atoms with Crippen molar-refractivity contribution in [3.63, 3.8) is 0 Å². The Labute approximate surface area is 86.1 Å². The number of hydrogen-bond acceptors (Lipinski definition) is 2. The SMILES string of the molecule is CC(=O)OCc1ccccc1C[Se]. The van der Waals surface area contributed by atoms with E-state index in [1.165, 1.54) is 12.5 Å². The monoisotopic (exact) mass is 243 g/mol. The van der Waals surface area contributed by atoms with Gasteiger partial charge < -0.3 is 0 Å². The minimum atomic E-state index is -0.241. The molecule has 0 aromatic heterocycles. The summed E-state index contributed by atoms with van der Waals surface area (Å²) in [4.78, 5) is 10.6. The van der Waals surface area contributed by atoms with Gasteiger partial charge in [0.05, 0.1) is 0 Å².